The predicted octanol–water partition coefficient (Wildman–Crippen LogP) is 6.18. The van der Waals surface area contributed by atoms with E-state index in [9.17, 15) is 26.3 Å². The van der Waals surface area contributed by atoms with Crippen molar-refractivity contribution in [3.8, 4) is 23.3 Å². The lowest BCUT2D eigenvalue weighted by Crippen LogP contribution is -2.17. The zero-order chi connectivity index (χ0) is 24.0. The second-order valence-corrected chi connectivity index (χ2v) is 7.09. The van der Waals surface area contributed by atoms with Gasteiger partial charge in [0, 0.05) is 22.7 Å². The first kappa shape index (κ1) is 22.5. The quantitative estimate of drug-likeness (QED) is 0.322. The standard InChI is InChI=1S/C20H9ClF6N4O2/c21-13-7-10(2-4-15(13)32-20(25,26)27)18-29-16(30-33-18)9-31-6-5-12-14(31)3-1-11(8-28)17(12)19(22,23)24/h1-7H,9H2. The number of rotatable bonds is 4. The maximum absolute atomic E-state index is 13.5. The fourth-order valence-corrected chi connectivity index (χ4v) is 3.46. The summed E-state index contributed by atoms with van der Waals surface area (Å²) in [4.78, 5) is 4.12. The molecule has 2 aromatic heterocycles. The first-order valence-corrected chi connectivity index (χ1v) is 9.31. The van der Waals surface area contributed by atoms with Gasteiger partial charge in [-0.05, 0) is 36.4 Å². The SMILES string of the molecule is N#Cc1ccc2c(ccn2Cc2noc(-c3ccc(OC(F)(F)F)c(Cl)c3)n2)c1C(F)(F)F. The Labute approximate surface area is 185 Å². The summed E-state index contributed by atoms with van der Waals surface area (Å²) in [6.45, 7) is -0.0702. The Morgan fingerprint density at radius 3 is 2.48 bits per heavy atom. The molecule has 0 spiro atoms. The number of ether oxygens (including phenoxy) is 1. The summed E-state index contributed by atoms with van der Waals surface area (Å²) in [5, 5.41) is 12.3. The van der Waals surface area contributed by atoms with Crippen molar-refractivity contribution in [2.24, 2.45) is 0 Å². The highest BCUT2D eigenvalue weighted by Gasteiger charge is 2.36. The van der Waals surface area contributed by atoms with Crippen molar-refractivity contribution in [2.75, 3.05) is 0 Å². The molecule has 0 atom stereocenters. The van der Waals surface area contributed by atoms with Crippen LogP contribution in [-0.4, -0.2) is 21.1 Å². The molecule has 4 rings (SSSR count). The highest BCUT2D eigenvalue weighted by atomic mass is 35.5. The van der Waals surface area contributed by atoms with E-state index in [1.165, 1.54) is 29.0 Å². The summed E-state index contributed by atoms with van der Waals surface area (Å²) in [5.41, 5.74) is -1.12. The molecule has 0 aliphatic heterocycles. The molecule has 0 saturated heterocycles. The van der Waals surface area contributed by atoms with Gasteiger partial charge in [-0.2, -0.15) is 23.4 Å². The normalized spacial score (nSPS) is 12.2. The maximum atomic E-state index is 13.5. The summed E-state index contributed by atoms with van der Waals surface area (Å²) in [6.07, 6.45) is -8.25. The van der Waals surface area contributed by atoms with Crippen molar-refractivity contribution in [2.45, 2.75) is 19.1 Å². The third-order valence-corrected chi connectivity index (χ3v) is 4.84. The predicted molar refractivity (Wildman–Crippen MR) is 102 cm³/mol. The lowest BCUT2D eigenvalue weighted by molar-refractivity contribution is -0.274. The molecule has 0 bridgehead atoms. The molecule has 4 aromatic rings. The molecule has 0 amide bonds. The van der Waals surface area contributed by atoms with Crippen LogP contribution >= 0.6 is 11.6 Å². The largest absolute Gasteiger partial charge is 0.573 e. The first-order valence-electron chi connectivity index (χ1n) is 8.93. The topological polar surface area (TPSA) is 76.9 Å². The van der Waals surface area contributed by atoms with Crippen LogP contribution in [0.2, 0.25) is 5.02 Å². The van der Waals surface area contributed by atoms with Gasteiger partial charge in [-0.1, -0.05) is 16.8 Å². The molecule has 0 unspecified atom stereocenters. The summed E-state index contributed by atoms with van der Waals surface area (Å²) in [7, 11) is 0. The van der Waals surface area contributed by atoms with E-state index in [-0.39, 0.29) is 39.7 Å². The fourth-order valence-electron chi connectivity index (χ4n) is 3.24. The molecular weight excluding hydrogens is 478 g/mol. The van der Waals surface area contributed by atoms with E-state index in [1.807, 2.05) is 0 Å². The monoisotopic (exact) mass is 486 g/mol. The number of hydrogen-bond acceptors (Lipinski definition) is 5. The van der Waals surface area contributed by atoms with E-state index in [0.717, 1.165) is 18.2 Å². The maximum Gasteiger partial charge on any atom is 0.573 e. The molecule has 0 N–H and O–H groups in total. The molecular formula is C20H9ClF6N4O2. The Morgan fingerprint density at radius 2 is 1.85 bits per heavy atom. The second kappa shape index (κ2) is 8.00. The summed E-state index contributed by atoms with van der Waals surface area (Å²) in [5.74, 6) is -0.583. The number of nitriles is 1. The van der Waals surface area contributed by atoms with Crippen LogP contribution in [0.1, 0.15) is 17.0 Å². The van der Waals surface area contributed by atoms with Gasteiger partial charge in [0.05, 0.1) is 28.8 Å². The Bertz CT molecular complexity index is 1380. The second-order valence-electron chi connectivity index (χ2n) is 6.68. The van der Waals surface area contributed by atoms with E-state index in [0.29, 0.717) is 0 Å². The summed E-state index contributed by atoms with van der Waals surface area (Å²) in [6, 6.07) is 8.60. The van der Waals surface area contributed by atoms with E-state index in [4.69, 9.17) is 21.4 Å². The van der Waals surface area contributed by atoms with Gasteiger partial charge in [0.1, 0.15) is 5.75 Å². The van der Waals surface area contributed by atoms with Crippen molar-refractivity contribution in [3.05, 3.63) is 64.6 Å². The van der Waals surface area contributed by atoms with E-state index < -0.39 is 29.4 Å². The summed E-state index contributed by atoms with van der Waals surface area (Å²) >= 11 is 5.82. The number of aromatic nitrogens is 3. The number of benzene rings is 2. The van der Waals surface area contributed by atoms with Gasteiger partial charge in [-0.3, -0.25) is 0 Å². The van der Waals surface area contributed by atoms with Crippen LogP contribution < -0.4 is 4.74 Å². The molecule has 0 aliphatic carbocycles. The Morgan fingerprint density at radius 1 is 1.09 bits per heavy atom. The van der Waals surface area contributed by atoms with Crippen LogP contribution in [0.5, 0.6) is 5.75 Å². The van der Waals surface area contributed by atoms with Crippen molar-refractivity contribution < 1.29 is 35.6 Å². The molecule has 0 saturated carbocycles. The summed E-state index contributed by atoms with van der Waals surface area (Å²) < 4.78 is 87.8. The molecule has 2 heterocycles. The van der Waals surface area contributed by atoms with Crippen LogP contribution in [-0.2, 0) is 12.7 Å². The number of nitrogens with zero attached hydrogens (tertiary/aromatic N) is 4. The Hall–Kier alpha value is -3.72. The van der Waals surface area contributed by atoms with Gasteiger partial charge in [0.15, 0.2) is 5.82 Å². The Kier molecular flexibility index (Phi) is 5.45. The van der Waals surface area contributed by atoms with Gasteiger partial charge < -0.3 is 13.8 Å². The highest BCUT2D eigenvalue weighted by Crippen LogP contribution is 2.38. The zero-order valence-electron chi connectivity index (χ0n) is 16.0. The molecule has 0 aliphatic rings. The smallest absolute Gasteiger partial charge is 0.404 e. The molecule has 13 heteroatoms. The minimum absolute atomic E-state index is 0.0651. The minimum Gasteiger partial charge on any atom is -0.404 e. The van der Waals surface area contributed by atoms with Crippen molar-refractivity contribution in [1.82, 2.24) is 14.7 Å². The van der Waals surface area contributed by atoms with Gasteiger partial charge in [-0.15, -0.1) is 13.2 Å². The molecule has 6 nitrogen and oxygen atoms in total. The molecule has 33 heavy (non-hydrogen) atoms. The van der Waals surface area contributed by atoms with Crippen LogP contribution in [0.4, 0.5) is 26.3 Å². The lowest BCUT2D eigenvalue weighted by Gasteiger charge is -2.11. The van der Waals surface area contributed by atoms with E-state index in [2.05, 4.69) is 14.9 Å². The molecule has 170 valence electrons. The molecule has 0 fully saturated rings. The number of fused-ring (bicyclic) bond motifs is 1. The Balaban J connectivity index is 1.62. The fraction of sp³-hybridized carbons (Fsp3) is 0.150. The van der Waals surface area contributed by atoms with Crippen LogP contribution in [0.25, 0.3) is 22.4 Å². The molecule has 2 aromatic carbocycles. The third-order valence-electron chi connectivity index (χ3n) is 4.54. The number of halogens is 7. The average molecular weight is 487 g/mol. The highest BCUT2D eigenvalue weighted by molar-refractivity contribution is 6.32. The van der Waals surface area contributed by atoms with Gasteiger partial charge in [0.2, 0.25) is 0 Å². The number of alkyl halides is 6. The number of hydrogen-bond donors (Lipinski definition) is 0. The van der Waals surface area contributed by atoms with Gasteiger partial charge in [0.25, 0.3) is 5.89 Å². The van der Waals surface area contributed by atoms with E-state index in [1.54, 1.807) is 6.07 Å². The van der Waals surface area contributed by atoms with Crippen molar-refractivity contribution in [3.63, 3.8) is 0 Å². The molecule has 0 radical (unpaired) electrons. The lowest BCUT2D eigenvalue weighted by atomic mass is 10.0. The van der Waals surface area contributed by atoms with Gasteiger partial charge in [-0.25, -0.2) is 0 Å². The van der Waals surface area contributed by atoms with Crippen LogP contribution in [0, 0.1) is 11.3 Å². The minimum atomic E-state index is -4.91. The van der Waals surface area contributed by atoms with Crippen molar-refractivity contribution in [1.29, 1.82) is 5.26 Å². The van der Waals surface area contributed by atoms with Gasteiger partial charge >= 0.3 is 12.5 Å². The zero-order valence-corrected chi connectivity index (χ0v) is 16.8. The average Bonchev–Trinajstić information content (AvgIpc) is 3.34. The van der Waals surface area contributed by atoms with Crippen LogP contribution in [0.3, 0.4) is 0 Å². The first-order chi connectivity index (χ1) is 15.5. The van der Waals surface area contributed by atoms with Crippen LogP contribution in [0.15, 0.2) is 47.1 Å². The van der Waals surface area contributed by atoms with Crippen molar-refractivity contribution >= 4 is 22.5 Å². The third kappa shape index (κ3) is 4.58. The van der Waals surface area contributed by atoms with E-state index >= 15 is 0 Å².